The number of anilines is 2. The molecule has 2 heterocycles. The van der Waals surface area contributed by atoms with Crippen LogP contribution in [0.15, 0.2) is 88.5 Å². The van der Waals surface area contributed by atoms with Gasteiger partial charge in [-0.2, -0.15) is 0 Å². The standard InChI is InChI=1S/C27H24ClN3O2S/c28-21-14-9-15-22(25(21)31-16-7-8-17-31)29-23(32)18-34-27-30-24(19-10-3-1-4-11-19)26(33-27)20-12-5-2-6-13-20/h1-6,9-15H,7-8,16-18H2,(H,29,32). The molecule has 1 aromatic heterocycles. The van der Waals surface area contributed by atoms with Crippen LogP contribution in [-0.2, 0) is 4.79 Å². The lowest BCUT2D eigenvalue weighted by Gasteiger charge is -2.22. The number of thioether (sulfide) groups is 1. The maximum absolute atomic E-state index is 12.8. The number of halogens is 1. The Morgan fingerprint density at radius 3 is 2.32 bits per heavy atom. The molecule has 0 aliphatic carbocycles. The van der Waals surface area contributed by atoms with Crippen LogP contribution < -0.4 is 10.2 Å². The summed E-state index contributed by atoms with van der Waals surface area (Å²) in [4.78, 5) is 19.8. The molecular weight excluding hydrogens is 466 g/mol. The third-order valence-corrected chi connectivity index (χ3v) is 6.83. The fourth-order valence-corrected chi connectivity index (χ4v) is 5.05. The third-order valence-electron chi connectivity index (χ3n) is 5.70. The summed E-state index contributed by atoms with van der Waals surface area (Å²) in [5.41, 5.74) is 4.31. The SMILES string of the molecule is O=C(CSc1nc(-c2ccccc2)c(-c2ccccc2)o1)Nc1cccc(Cl)c1N1CCCC1. The van der Waals surface area contributed by atoms with Crippen molar-refractivity contribution in [3.05, 3.63) is 83.9 Å². The zero-order valence-corrected chi connectivity index (χ0v) is 20.1. The number of nitrogens with zero attached hydrogens (tertiary/aromatic N) is 2. The lowest BCUT2D eigenvalue weighted by atomic mass is 10.1. The molecule has 0 atom stereocenters. The number of benzene rings is 3. The van der Waals surface area contributed by atoms with Gasteiger partial charge in [0.1, 0.15) is 5.69 Å². The predicted octanol–water partition coefficient (Wildman–Crippen LogP) is 6.99. The van der Waals surface area contributed by atoms with Crippen LogP contribution in [0.3, 0.4) is 0 Å². The van der Waals surface area contributed by atoms with Crippen molar-refractivity contribution in [1.82, 2.24) is 4.98 Å². The van der Waals surface area contributed by atoms with Crippen LogP contribution in [-0.4, -0.2) is 29.7 Å². The molecule has 0 bridgehead atoms. The number of rotatable bonds is 7. The van der Waals surface area contributed by atoms with Crippen molar-refractivity contribution >= 4 is 40.6 Å². The molecular formula is C27H24ClN3O2S. The van der Waals surface area contributed by atoms with Crippen molar-refractivity contribution in [2.75, 3.05) is 29.1 Å². The summed E-state index contributed by atoms with van der Waals surface area (Å²) < 4.78 is 6.12. The molecule has 0 spiro atoms. The number of hydrogen-bond acceptors (Lipinski definition) is 5. The Hall–Kier alpha value is -3.22. The topological polar surface area (TPSA) is 58.4 Å². The first-order valence-electron chi connectivity index (χ1n) is 11.3. The van der Waals surface area contributed by atoms with Crippen LogP contribution in [0.1, 0.15) is 12.8 Å². The van der Waals surface area contributed by atoms with E-state index in [9.17, 15) is 4.79 Å². The number of nitrogens with one attached hydrogen (secondary N) is 1. The molecule has 0 radical (unpaired) electrons. The lowest BCUT2D eigenvalue weighted by molar-refractivity contribution is -0.113. The molecule has 0 saturated carbocycles. The number of hydrogen-bond donors (Lipinski definition) is 1. The molecule has 4 aromatic rings. The van der Waals surface area contributed by atoms with Gasteiger partial charge < -0.3 is 14.6 Å². The first-order valence-corrected chi connectivity index (χ1v) is 12.6. The minimum atomic E-state index is -0.131. The van der Waals surface area contributed by atoms with E-state index in [0.29, 0.717) is 16.0 Å². The van der Waals surface area contributed by atoms with E-state index in [0.717, 1.165) is 54.1 Å². The zero-order chi connectivity index (χ0) is 23.3. The molecule has 7 heteroatoms. The largest absolute Gasteiger partial charge is 0.431 e. The average Bonchev–Trinajstić information content (AvgIpc) is 3.55. The van der Waals surface area contributed by atoms with Gasteiger partial charge >= 0.3 is 0 Å². The predicted molar refractivity (Wildman–Crippen MR) is 140 cm³/mol. The number of aromatic nitrogens is 1. The van der Waals surface area contributed by atoms with E-state index in [-0.39, 0.29) is 11.7 Å². The minimum Gasteiger partial charge on any atom is -0.431 e. The number of amides is 1. The van der Waals surface area contributed by atoms with Crippen molar-refractivity contribution in [1.29, 1.82) is 0 Å². The van der Waals surface area contributed by atoms with Gasteiger partial charge in [-0.05, 0) is 25.0 Å². The Morgan fingerprint density at radius 2 is 1.62 bits per heavy atom. The second-order valence-corrected chi connectivity index (χ2v) is 9.39. The molecule has 34 heavy (non-hydrogen) atoms. The van der Waals surface area contributed by atoms with Crippen molar-refractivity contribution in [3.8, 4) is 22.6 Å². The molecule has 3 aromatic carbocycles. The highest BCUT2D eigenvalue weighted by atomic mass is 35.5. The smallest absolute Gasteiger partial charge is 0.257 e. The van der Waals surface area contributed by atoms with Crippen molar-refractivity contribution in [2.45, 2.75) is 18.1 Å². The summed E-state index contributed by atoms with van der Waals surface area (Å²) in [6.07, 6.45) is 2.26. The highest BCUT2D eigenvalue weighted by molar-refractivity contribution is 7.99. The first-order chi connectivity index (χ1) is 16.7. The van der Waals surface area contributed by atoms with Gasteiger partial charge in [0, 0.05) is 24.2 Å². The number of oxazole rings is 1. The van der Waals surface area contributed by atoms with Crippen LogP contribution in [0, 0.1) is 0 Å². The second-order valence-electron chi connectivity index (χ2n) is 8.06. The Balaban J connectivity index is 1.34. The van der Waals surface area contributed by atoms with Gasteiger partial charge in [0.05, 0.1) is 22.2 Å². The first kappa shape index (κ1) is 22.6. The Bertz CT molecular complexity index is 1210. The van der Waals surface area contributed by atoms with E-state index in [1.807, 2.05) is 78.9 Å². The highest BCUT2D eigenvalue weighted by Crippen LogP contribution is 2.37. The molecule has 0 unspecified atom stereocenters. The van der Waals surface area contributed by atoms with Crippen LogP contribution in [0.5, 0.6) is 0 Å². The summed E-state index contributed by atoms with van der Waals surface area (Å²) in [5.74, 6) is 0.740. The molecule has 1 aliphatic rings. The molecule has 1 amide bonds. The summed E-state index contributed by atoms with van der Waals surface area (Å²) in [5, 5.41) is 4.14. The number of para-hydroxylation sites is 1. The van der Waals surface area contributed by atoms with Crippen LogP contribution in [0.2, 0.25) is 5.02 Å². The van der Waals surface area contributed by atoms with E-state index < -0.39 is 0 Å². The van der Waals surface area contributed by atoms with Gasteiger partial charge in [0.2, 0.25) is 5.91 Å². The Kier molecular flexibility index (Phi) is 6.88. The quantitative estimate of drug-likeness (QED) is 0.283. The van der Waals surface area contributed by atoms with Gasteiger partial charge in [0.25, 0.3) is 5.22 Å². The highest BCUT2D eigenvalue weighted by Gasteiger charge is 2.21. The zero-order valence-electron chi connectivity index (χ0n) is 18.5. The van der Waals surface area contributed by atoms with Gasteiger partial charge in [-0.25, -0.2) is 4.98 Å². The molecule has 1 aliphatic heterocycles. The summed E-state index contributed by atoms with van der Waals surface area (Å²) >= 11 is 7.76. The van der Waals surface area contributed by atoms with Crippen LogP contribution in [0.4, 0.5) is 11.4 Å². The van der Waals surface area contributed by atoms with Gasteiger partial charge in [0.15, 0.2) is 5.76 Å². The molecule has 1 fully saturated rings. The normalized spacial score (nSPS) is 13.3. The molecule has 5 nitrogen and oxygen atoms in total. The molecule has 172 valence electrons. The summed E-state index contributed by atoms with van der Waals surface area (Å²) in [6.45, 7) is 1.89. The van der Waals surface area contributed by atoms with E-state index >= 15 is 0 Å². The average molecular weight is 490 g/mol. The van der Waals surface area contributed by atoms with Crippen molar-refractivity contribution in [3.63, 3.8) is 0 Å². The minimum absolute atomic E-state index is 0.131. The monoisotopic (exact) mass is 489 g/mol. The van der Waals surface area contributed by atoms with E-state index in [1.54, 1.807) is 0 Å². The number of carbonyl (C=O) groups excluding carboxylic acids is 1. The van der Waals surface area contributed by atoms with Gasteiger partial charge in [-0.15, -0.1) is 0 Å². The second kappa shape index (κ2) is 10.4. The van der Waals surface area contributed by atoms with Crippen molar-refractivity contribution < 1.29 is 9.21 Å². The lowest BCUT2D eigenvalue weighted by Crippen LogP contribution is -2.22. The van der Waals surface area contributed by atoms with Crippen LogP contribution >= 0.6 is 23.4 Å². The fourth-order valence-electron chi connectivity index (χ4n) is 4.13. The van der Waals surface area contributed by atoms with E-state index in [4.69, 9.17) is 21.0 Å². The molecule has 1 saturated heterocycles. The van der Waals surface area contributed by atoms with Gasteiger partial charge in [-0.1, -0.05) is 90.1 Å². The van der Waals surface area contributed by atoms with E-state index in [1.165, 1.54) is 11.8 Å². The van der Waals surface area contributed by atoms with E-state index in [2.05, 4.69) is 10.2 Å². The number of carbonyl (C=O) groups is 1. The third kappa shape index (κ3) is 4.98. The Morgan fingerprint density at radius 1 is 0.941 bits per heavy atom. The summed E-state index contributed by atoms with van der Waals surface area (Å²) in [6, 6.07) is 25.4. The maximum atomic E-state index is 12.8. The van der Waals surface area contributed by atoms with Crippen molar-refractivity contribution in [2.24, 2.45) is 0 Å². The van der Waals surface area contributed by atoms with Crippen LogP contribution in [0.25, 0.3) is 22.6 Å². The fraction of sp³-hybridized carbons (Fsp3) is 0.185. The molecule has 5 rings (SSSR count). The summed E-state index contributed by atoms with van der Waals surface area (Å²) in [7, 11) is 0. The molecule has 1 N–H and O–H groups in total. The Labute approximate surface area is 208 Å². The van der Waals surface area contributed by atoms with Gasteiger partial charge in [-0.3, -0.25) is 4.79 Å². The maximum Gasteiger partial charge on any atom is 0.257 e.